The number of aryl methyl sites for hydroxylation is 1. The van der Waals surface area contributed by atoms with Crippen LogP contribution in [0.25, 0.3) is 0 Å². The van der Waals surface area contributed by atoms with Crippen LogP contribution in [0, 0.1) is 6.92 Å². The lowest BCUT2D eigenvalue weighted by atomic mass is 10.0. The van der Waals surface area contributed by atoms with Gasteiger partial charge in [0, 0.05) is 6.54 Å². The summed E-state index contributed by atoms with van der Waals surface area (Å²) < 4.78 is 5.12. The Morgan fingerprint density at radius 2 is 2.00 bits per heavy atom. The molecule has 0 unspecified atom stereocenters. The maximum atomic E-state index is 5.12. The molecular formula is C14H19N3O. The first-order chi connectivity index (χ1) is 8.65. The van der Waals surface area contributed by atoms with Crippen LogP contribution in [0.3, 0.4) is 0 Å². The monoisotopic (exact) mass is 245 g/mol. The second kappa shape index (κ2) is 5.78. The van der Waals surface area contributed by atoms with E-state index in [1.54, 1.807) is 0 Å². The first kappa shape index (κ1) is 12.8. The van der Waals surface area contributed by atoms with Crippen LogP contribution in [-0.2, 0) is 6.54 Å². The minimum atomic E-state index is 0.486. The van der Waals surface area contributed by atoms with Crippen LogP contribution in [0.1, 0.15) is 30.1 Å². The van der Waals surface area contributed by atoms with E-state index in [9.17, 15) is 0 Å². The maximum Gasteiger partial charge on any atom is 0.240 e. The Kier molecular flexibility index (Phi) is 4.10. The fraction of sp³-hybridized carbons (Fsp3) is 0.429. The van der Waals surface area contributed by atoms with Gasteiger partial charge in [0.1, 0.15) is 0 Å². The van der Waals surface area contributed by atoms with E-state index in [-0.39, 0.29) is 0 Å². The second-order valence-corrected chi connectivity index (χ2v) is 4.74. The molecule has 0 spiro atoms. The molecule has 2 rings (SSSR count). The number of hydrogen-bond acceptors (Lipinski definition) is 4. The van der Waals surface area contributed by atoms with E-state index in [1.807, 2.05) is 13.0 Å². The van der Waals surface area contributed by atoms with Gasteiger partial charge in [-0.25, -0.2) is 0 Å². The molecule has 0 amide bonds. The Morgan fingerprint density at radius 3 is 2.61 bits per heavy atom. The van der Waals surface area contributed by atoms with Crippen molar-refractivity contribution < 1.29 is 4.52 Å². The summed E-state index contributed by atoms with van der Waals surface area (Å²) in [5.74, 6) is 1.85. The van der Waals surface area contributed by atoms with E-state index < -0.39 is 0 Å². The summed E-state index contributed by atoms with van der Waals surface area (Å²) in [4.78, 5) is 6.41. The lowest BCUT2D eigenvalue weighted by Crippen LogP contribution is -2.23. The maximum absolute atomic E-state index is 5.12. The Labute approximate surface area is 108 Å². The van der Waals surface area contributed by atoms with E-state index in [2.05, 4.69) is 53.3 Å². The van der Waals surface area contributed by atoms with Crippen LogP contribution in [0.2, 0.25) is 0 Å². The summed E-state index contributed by atoms with van der Waals surface area (Å²) >= 11 is 0. The van der Waals surface area contributed by atoms with E-state index in [0.29, 0.717) is 24.2 Å². The van der Waals surface area contributed by atoms with E-state index in [0.717, 1.165) is 6.54 Å². The van der Waals surface area contributed by atoms with Gasteiger partial charge in [-0.2, -0.15) is 4.98 Å². The van der Waals surface area contributed by atoms with Crippen molar-refractivity contribution in [3.63, 3.8) is 0 Å². The van der Waals surface area contributed by atoms with Crippen LogP contribution in [0.4, 0.5) is 0 Å². The molecule has 0 radical (unpaired) electrons. The molecule has 0 N–H and O–H groups in total. The lowest BCUT2D eigenvalue weighted by molar-refractivity contribution is 0.257. The van der Waals surface area contributed by atoms with Gasteiger partial charge in [0.25, 0.3) is 0 Å². The SMILES string of the molecule is Cc1noc(CN(C)C[C@@H](C)c2ccccc2)n1. The molecule has 0 saturated heterocycles. The molecule has 1 heterocycles. The number of nitrogens with zero attached hydrogens (tertiary/aromatic N) is 3. The molecule has 1 atom stereocenters. The van der Waals surface area contributed by atoms with Gasteiger partial charge < -0.3 is 4.52 Å². The second-order valence-electron chi connectivity index (χ2n) is 4.74. The summed E-state index contributed by atoms with van der Waals surface area (Å²) in [6.45, 7) is 5.72. The van der Waals surface area contributed by atoms with Crippen molar-refractivity contribution in [1.29, 1.82) is 0 Å². The van der Waals surface area contributed by atoms with Crippen molar-refractivity contribution in [2.75, 3.05) is 13.6 Å². The fourth-order valence-corrected chi connectivity index (χ4v) is 2.05. The molecule has 18 heavy (non-hydrogen) atoms. The average Bonchev–Trinajstić information content (AvgIpc) is 2.75. The van der Waals surface area contributed by atoms with E-state index >= 15 is 0 Å². The Hall–Kier alpha value is -1.68. The zero-order valence-corrected chi connectivity index (χ0v) is 11.1. The standard InChI is InChI=1S/C14H19N3O/c1-11(13-7-5-4-6-8-13)9-17(3)10-14-15-12(2)16-18-14/h4-8,11H,9-10H2,1-3H3/t11-/m1/s1. The number of likely N-dealkylation sites (N-methyl/N-ethyl adjacent to an activating group) is 1. The molecule has 4 heteroatoms. The minimum absolute atomic E-state index is 0.486. The zero-order valence-electron chi connectivity index (χ0n) is 11.1. The first-order valence-electron chi connectivity index (χ1n) is 6.18. The third-order valence-electron chi connectivity index (χ3n) is 2.93. The van der Waals surface area contributed by atoms with Gasteiger partial charge in [-0.1, -0.05) is 42.4 Å². The average molecular weight is 245 g/mol. The Balaban J connectivity index is 1.89. The van der Waals surface area contributed by atoms with Crippen LogP contribution in [0.15, 0.2) is 34.9 Å². The highest BCUT2D eigenvalue weighted by Crippen LogP contribution is 2.16. The molecule has 2 aromatic rings. The number of aromatic nitrogens is 2. The smallest absolute Gasteiger partial charge is 0.240 e. The number of hydrogen-bond donors (Lipinski definition) is 0. The van der Waals surface area contributed by atoms with Crippen molar-refractivity contribution in [1.82, 2.24) is 15.0 Å². The molecule has 4 nitrogen and oxygen atoms in total. The van der Waals surface area contributed by atoms with Gasteiger partial charge in [0.2, 0.25) is 5.89 Å². The summed E-state index contributed by atoms with van der Waals surface area (Å²) in [5, 5.41) is 3.79. The summed E-state index contributed by atoms with van der Waals surface area (Å²) in [6, 6.07) is 10.5. The van der Waals surface area contributed by atoms with Crippen molar-refractivity contribution in [3.8, 4) is 0 Å². The highest BCUT2D eigenvalue weighted by molar-refractivity contribution is 5.18. The lowest BCUT2D eigenvalue weighted by Gasteiger charge is -2.19. The van der Waals surface area contributed by atoms with Crippen molar-refractivity contribution in [2.24, 2.45) is 0 Å². The molecule has 0 aliphatic carbocycles. The van der Waals surface area contributed by atoms with E-state index in [1.165, 1.54) is 5.56 Å². The summed E-state index contributed by atoms with van der Waals surface area (Å²) in [5.41, 5.74) is 1.35. The molecule has 1 aromatic carbocycles. The van der Waals surface area contributed by atoms with Crippen molar-refractivity contribution in [2.45, 2.75) is 26.3 Å². The predicted molar refractivity (Wildman–Crippen MR) is 70.2 cm³/mol. The quantitative estimate of drug-likeness (QED) is 0.812. The van der Waals surface area contributed by atoms with Crippen LogP contribution < -0.4 is 0 Å². The van der Waals surface area contributed by atoms with Gasteiger partial charge in [-0.05, 0) is 25.5 Å². The zero-order chi connectivity index (χ0) is 13.0. The topological polar surface area (TPSA) is 42.2 Å². The normalized spacial score (nSPS) is 12.9. The third-order valence-corrected chi connectivity index (χ3v) is 2.93. The molecule has 0 saturated carbocycles. The molecule has 0 fully saturated rings. The molecular weight excluding hydrogens is 226 g/mol. The first-order valence-corrected chi connectivity index (χ1v) is 6.18. The van der Waals surface area contributed by atoms with E-state index in [4.69, 9.17) is 4.52 Å². The molecule has 96 valence electrons. The molecule has 0 aliphatic heterocycles. The fourth-order valence-electron chi connectivity index (χ4n) is 2.05. The Bertz CT molecular complexity index is 481. The number of rotatable bonds is 5. The molecule has 0 aliphatic rings. The largest absolute Gasteiger partial charge is 0.338 e. The third kappa shape index (κ3) is 3.40. The summed E-state index contributed by atoms with van der Waals surface area (Å²) in [6.07, 6.45) is 0. The van der Waals surface area contributed by atoms with Crippen molar-refractivity contribution in [3.05, 3.63) is 47.6 Å². The van der Waals surface area contributed by atoms with Crippen LogP contribution >= 0.6 is 0 Å². The van der Waals surface area contributed by atoms with Crippen LogP contribution in [-0.4, -0.2) is 28.6 Å². The van der Waals surface area contributed by atoms with Gasteiger partial charge in [0.05, 0.1) is 6.54 Å². The number of benzene rings is 1. The van der Waals surface area contributed by atoms with Gasteiger partial charge in [-0.15, -0.1) is 0 Å². The molecule has 0 bridgehead atoms. The van der Waals surface area contributed by atoms with Crippen molar-refractivity contribution >= 4 is 0 Å². The minimum Gasteiger partial charge on any atom is -0.338 e. The van der Waals surface area contributed by atoms with Crippen LogP contribution in [0.5, 0.6) is 0 Å². The highest BCUT2D eigenvalue weighted by Gasteiger charge is 2.11. The van der Waals surface area contributed by atoms with Gasteiger partial charge >= 0.3 is 0 Å². The summed E-state index contributed by atoms with van der Waals surface area (Å²) in [7, 11) is 2.07. The highest BCUT2D eigenvalue weighted by atomic mass is 16.5. The predicted octanol–water partition coefficient (Wildman–Crippen LogP) is 2.61. The van der Waals surface area contributed by atoms with Gasteiger partial charge in [-0.3, -0.25) is 4.90 Å². The van der Waals surface area contributed by atoms with Gasteiger partial charge in [0.15, 0.2) is 5.82 Å². The molecule has 1 aromatic heterocycles. The Morgan fingerprint density at radius 1 is 1.28 bits per heavy atom.